The lowest BCUT2D eigenvalue weighted by atomic mass is 9.85. The van der Waals surface area contributed by atoms with E-state index in [4.69, 9.17) is 9.26 Å². The quantitative estimate of drug-likeness (QED) is 0.635. The molecular formula is C22H22N2O3. The summed E-state index contributed by atoms with van der Waals surface area (Å²) >= 11 is 0. The van der Waals surface area contributed by atoms with Gasteiger partial charge >= 0.3 is 0 Å². The van der Waals surface area contributed by atoms with Crippen LogP contribution in [0.25, 0.3) is 22.8 Å². The molecule has 2 heterocycles. The van der Waals surface area contributed by atoms with Gasteiger partial charge in [0.05, 0.1) is 12.0 Å². The first kappa shape index (κ1) is 17.5. The number of rotatable bonds is 4. The molecule has 0 bridgehead atoms. The van der Waals surface area contributed by atoms with Gasteiger partial charge in [-0.2, -0.15) is 4.98 Å². The van der Waals surface area contributed by atoms with E-state index in [2.05, 4.69) is 24.0 Å². The summed E-state index contributed by atoms with van der Waals surface area (Å²) in [4.78, 5) is 17.2. The van der Waals surface area contributed by atoms with Gasteiger partial charge in [0.15, 0.2) is 5.78 Å². The smallest absolute Gasteiger partial charge is 0.258 e. The molecule has 0 unspecified atom stereocenters. The zero-order chi connectivity index (χ0) is 19.0. The standard InChI is InChI=1S/C22H22N2O3/c1-4-22(5-2)13-18(25)17-12-15(10-11-19(17)26-22)20-23-21(27-24-20)16-9-7-6-8-14(16)3/h6-12H,4-5,13H2,1-3H3. The topological polar surface area (TPSA) is 65.2 Å². The number of ether oxygens (including phenoxy) is 1. The first-order valence-electron chi connectivity index (χ1n) is 9.31. The molecule has 0 saturated heterocycles. The molecule has 5 nitrogen and oxygen atoms in total. The van der Waals surface area contributed by atoms with Crippen LogP contribution in [-0.4, -0.2) is 21.5 Å². The molecule has 2 aromatic carbocycles. The monoisotopic (exact) mass is 362 g/mol. The van der Waals surface area contributed by atoms with Gasteiger partial charge in [-0.05, 0) is 49.6 Å². The minimum Gasteiger partial charge on any atom is -0.486 e. The highest BCUT2D eigenvalue weighted by Gasteiger charge is 2.37. The summed E-state index contributed by atoms with van der Waals surface area (Å²) in [7, 11) is 0. The summed E-state index contributed by atoms with van der Waals surface area (Å²) in [5, 5.41) is 4.10. The average molecular weight is 362 g/mol. The second-order valence-corrected chi connectivity index (χ2v) is 7.04. The molecule has 0 saturated carbocycles. The second kappa shape index (κ2) is 6.65. The van der Waals surface area contributed by atoms with Crippen LogP contribution in [0.5, 0.6) is 5.75 Å². The number of fused-ring (bicyclic) bond motifs is 1. The molecule has 0 radical (unpaired) electrons. The minimum atomic E-state index is -0.393. The van der Waals surface area contributed by atoms with E-state index in [9.17, 15) is 4.79 Å². The van der Waals surface area contributed by atoms with Crippen LogP contribution in [0.4, 0.5) is 0 Å². The van der Waals surface area contributed by atoms with E-state index >= 15 is 0 Å². The highest BCUT2D eigenvalue weighted by atomic mass is 16.5. The number of benzene rings is 2. The maximum Gasteiger partial charge on any atom is 0.258 e. The Bertz CT molecular complexity index is 1000. The number of ketones is 1. The van der Waals surface area contributed by atoms with Crippen molar-refractivity contribution in [2.75, 3.05) is 0 Å². The van der Waals surface area contributed by atoms with Gasteiger partial charge in [-0.15, -0.1) is 0 Å². The normalized spacial score (nSPS) is 15.3. The zero-order valence-corrected chi connectivity index (χ0v) is 15.8. The maximum absolute atomic E-state index is 12.7. The van der Waals surface area contributed by atoms with Crippen molar-refractivity contribution in [3.8, 4) is 28.6 Å². The fraction of sp³-hybridized carbons (Fsp3) is 0.318. The van der Waals surface area contributed by atoms with Gasteiger partial charge in [-0.25, -0.2) is 0 Å². The molecule has 0 amide bonds. The molecule has 0 fully saturated rings. The fourth-order valence-electron chi connectivity index (χ4n) is 3.54. The van der Waals surface area contributed by atoms with E-state index in [1.165, 1.54) is 0 Å². The second-order valence-electron chi connectivity index (χ2n) is 7.04. The van der Waals surface area contributed by atoms with Crippen molar-refractivity contribution in [3.63, 3.8) is 0 Å². The van der Waals surface area contributed by atoms with Gasteiger partial charge < -0.3 is 9.26 Å². The number of Topliss-reactive ketones (excluding diaryl/α,β-unsaturated/α-hetero) is 1. The van der Waals surface area contributed by atoms with Crippen LogP contribution in [0.15, 0.2) is 47.0 Å². The molecule has 0 spiro atoms. The third-order valence-corrected chi connectivity index (χ3v) is 5.44. The van der Waals surface area contributed by atoms with Crippen molar-refractivity contribution in [1.29, 1.82) is 0 Å². The Labute approximate surface area is 158 Å². The first-order chi connectivity index (χ1) is 13.0. The highest BCUT2D eigenvalue weighted by Crippen LogP contribution is 2.38. The number of nitrogens with zero attached hydrogens (tertiary/aromatic N) is 2. The molecule has 0 aliphatic carbocycles. The Morgan fingerprint density at radius 3 is 2.59 bits per heavy atom. The zero-order valence-electron chi connectivity index (χ0n) is 15.8. The number of carbonyl (C=O) groups is 1. The van der Waals surface area contributed by atoms with Crippen LogP contribution < -0.4 is 4.74 Å². The maximum atomic E-state index is 12.7. The van der Waals surface area contributed by atoms with Crippen LogP contribution in [0.3, 0.4) is 0 Å². The highest BCUT2D eigenvalue weighted by molar-refractivity contribution is 6.01. The Kier molecular flexibility index (Phi) is 4.30. The van der Waals surface area contributed by atoms with Gasteiger partial charge in [0, 0.05) is 11.1 Å². The van der Waals surface area contributed by atoms with Crippen molar-refractivity contribution in [3.05, 3.63) is 53.6 Å². The number of carbonyl (C=O) groups excluding carboxylic acids is 1. The third-order valence-electron chi connectivity index (χ3n) is 5.44. The predicted octanol–water partition coefficient (Wildman–Crippen LogP) is 5.24. The van der Waals surface area contributed by atoms with E-state index in [0.29, 0.717) is 29.4 Å². The summed E-state index contributed by atoms with van der Waals surface area (Å²) in [6.45, 7) is 6.12. The molecule has 0 atom stereocenters. The van der Waals surface area contributed by atoms with E-state index < -0.39 is 5.60 Å². The molecule has 27 heavy (non-hydrogen) atoms. The number of hydrogen-bond acceptors (Lipinski definition) is 5. The lowest BCUT2D eigenvalue weighted by molar-refractivity contribution is 0.0350. The summed E-state index contributed by atoms with van der Waals surface area (Å²) < 4.78 is 11.6. The van der Waals surface area contributed by atoms with Crippen molar-refractivity contribution < 1.29 is 14.1 Å². The average Bonchev–Trinajstić information content (AvgIpc) is 3.18. The molecule has 1 aliphatic heterocycles. The molecule has 0 N–H and O–H groups in total. The van der Waals surface area contributed by atoms with E-state index in [1.54, 1.807) is 6.07 Å². The van der Waals surface area contributed by atoms with Crippen molar-refractivity contribution in [2.24, 2.45) is 0 Å². The van der Waals surface area contributed by atoms with Crippen LogP contribution in [0.2, 0.25) is 0 Å². The van der Waals surface area contributed by atoms with Gasteiger partial charge in [0.25, 0.3) is 5.89 Å². The summed E-state index contributed by atoms with van der Waals surface area (Å²) in [6.07, 6.45) is 2.01. The largest absolute Gasteiger partial charge is 0.486 e. The van der Waals surface area contributed by atoms with Crippen LogP contribution in [0, 0.1) is 6.92 Å². The van der Waals surface area contributed by atoms with Crippen molar-refractivity contribution >= 4 is 5.78 Å². The molecule has 1 aliphatic rings. The summed E-state index contributed by atoms with van der Waals surface area (Å²) in [5.41, 5.74) is 2.92. The third kappa shape index (κ3) is 3.03. The lowest BCUT2D eigenvalue weighted by Gasteiger charge is -2.36. The first-order valence-corrected chi connectivity index (χ1v) is 9.31. The van der Waals surface area contributed by atoms with Gasteiger partial charge in [-0.3, -0.25) is 4.79 Å². The van der Waals surface area contributed by atoms with Crippen LogP contribution in [-0.2, 0) is 0 Å². The van der Waals surface area contributed by atoms with Crippen LogP contribution in [0.1, 0.15) is 49.0 Å². The minimum absolute atomic E-state index is 0.101. The Morgan fingerprint density at radius 2 is 1.85 bits per heavy atom. The van der Waals surface area contributed by atoms with Crippen LogP contribution >= 0.6 is 0 Å². The lowest BCUT2D eigenvalue weighted by Crippen LogP contribution is -2.40. The van der Waals surface area contributed by atoms with Crippen molar-refractivity contribution in [1.82, 2.24) is 10.1 Å². The summed E-state index contributed by atoms with van der Waals surface area (Å²) in [6, 6.07) is 13.4. The van der Waals surface area contributed by atoms with Gasteiger partial charge in [-0.1, -0.05) is 37.2 Å². The molecular weight excluding hydrogens is 340 g/mol. The van der Waals surface area contributed by atoms with Gasteiger partial charge in [0.2, 0.25) is 5.82 Å². The van der Waals surface area contributed by atoms with E-state index in [0.717, 1.165) is 29.5 Å². The predicted molar refractivity (Wildman–Crippen MR) is 103 cm³/mol. The SMILES string of the molecule is CCC1(CC)CC(=O)c2cc(-c3noc(-c4ccccc4C)n3)ccc2O1. The van der Waals surface area contributed by atoms with Gasteiger partial charge in [0.1, 0.15) is 11.4 Å². The Hall–Kier alpha value is -2.95. The molecule has 1 aromatic heterocycles. The molecule has 3 aromatic rings. The number of aryl methyl sites for hydroxylation is 1. The van der Waals surface area contributed by atoms with E-state index in [1.807, 2.05) is 43.3 Å². The van der Waals surface area contributed by atoms with Crippen molar-refractivity contribution in [2.45, 2.75) is 45.6 Å². The molecule has 4 rings (SSSR count). The summed E-state index contributed by atoms with van der Waals surface area (Å²) in [5.74, 6) is 1.68. The Morgan fingerprint density at radius 1 is 1.07 bits per heavy atom. The fourth-order valence-corrected chi connectivity index (χ4v) is 3.54. The van der Waals surface area contributed by atoms with E-state index in [-0.39, 0.29) is 5.78 Å². The number of aromatic nitrogens is 2. The Balaban J connectivity index is 1.69. The molecule has 138 valence electrons. The number of hydrogen-bond donors (Lipinski definition) is 0. The molecule has 5 heteroatoms.